The lowest BCUT2D eigenvalue weighted by atomic mass is 9.66. The summed E-state index contributed by atoms with van der Waals surface area (Å²) in [5, 5.41) is 15.7. The second kappa shape index (κ2) is 9.07. The Morgan fingerprint density at radius 1 is 1.21 bits per heavy atom. The number of anilines is 2. The Balaban J connectivity index is 1.67. The number of fused-ring (bicyclic) bond motifs is 1. The molecule has 1 aromatic carbocycles. The van der Waals surface area contributed by atoms with Crippen molar-refractivity contribution in [2.45, 2.75) is 62.1 Å². The first-order valence-electron chi connectivity index (χ1n) is 12.2. The van der Waals surface area contributed by atoms with Crippen LogP contribution in [0.3, 0.4) is 0 Å². The maximum atomic E-state index is 13.8. The Labute approximate surface area is 205 Å². The number of likely N-dealkylation sites (tertiary alicyclic amines) is 1. The third-order valence-corrected chi connectivity index (χ3v) is 9.98. The molecule has 34 heavy (non-hydrogen) atoms. The van der Waals surface area contributed by atoms with Gasteiger partial charge in [0, 0.05) is 36.3 Å². The fourth-order valence-corrected chi connectivity index (χ4v) is 8.68. The minimum atomic E-state index is -0.754. The van der Waals surface area contributed by atoms with Crippen LogP contribution in [0.4, 0.5) is 11.4 Å². The molecule has 0 radical (unpaired) electrons. The lowest BCUT2D eigenvalue weighted by Gasteiger charge is -2.36. The van der Waals surface area contributed by atoms with E-state index in [-0.39, 0.29) is 29.1 Å². The van der Waals surface area contributed by atoms with Crippen LogP contribution < -0.4 is 15.5 Å². The molecule has 3 saturated heterocycles. The summed E-state index contributed by atoms with van der Waals surface area (Å²) in [6.07, 6.45) is 1.45. The Kier molecular flexibility index (Phi) is 6.63. The molecule has 3 N–H and O–H groups in total. The number of amides is 3. The van der Waals surface area contributed by atoms with Gasteiger partial charge in [-0.2, -0.15) is 0 Å². The van der Waals surface area contributed by atoms with Crippen molar-refractivity contribution in [3.05, 3.63) is 24.3 Å². The maximum absolute atomic E-state index is 13.8. The average Bonchev–Trinajstić information content (AvgIpc) is 3.40. The van der Waals surface area contributed by atoms with Gasteiger partial charge in [0.25, 0.3) is 0 Å². The number of thioether (sulfide) groups is 1. The molecule has 6 atom stereocenters. The van der Waals surface area contributed by atoms with Gasteiger partial charge in [-0.25, -0.2) is 0 Å². The summed E-state index contributed by atoms with van der Waals surface area (Å²) in [5.74, 6) is -1.70. The van der Waals surface area contributed by atoms with Crippen LogP contribution in [0, 0.1) is 11.8 Å². The van der Waals surface area contributed by atoms with Gasteiger partial charge in [-0.05, 0) is 64.8 Å². The quantitative estimate of drug-likeness (QED) is 0.518. The van der Waals surface area contributed by atoms with E-state index in [1.807, 2.05) is 31.2 Å². The summed E-state index contributed by atoms with van der Waals surface area (Å²) in [4.78, 5) is 44.2. The van der Waals surface area contributed by atoms with Crippen molar-refractivity contribution in [1.29, 1.82) is 0 Å². The molecule has 4 rings (SSSR count). The zero-order valence-electron chi connectivity index (χ0n) is 20.6. The van der Waals surface area contributed by atoms with Gasteiger partial charge in [-0.3, -0.25) is 14.4 Å². The molecule has 3 aliphatic rings. The topological polar surface area (TPSA) is 102 Å². The largest absolute Gasteiger partial charge is 0.394 e. The lowest BCUT2D eigenvalue weighted by Crippen LogP contribution is -2.54. The number of rotatable bonds is 8. The number of nitrogens with zero attached hydrogens (tertiary/aromatic N) is 2. The summed E-state index contributed by atoms with van der Waals surface area (Å²) < 4.78 is -1.07. The van der Waals surface area contributed by atoms with Crippen LogP contribution in [0.2, 0.25) is 0 Å². The Hall–Kier alpha value is -2.26. The SMILES string of the molecule is CCN(CC)c1ccc(NC(=O)C2N([C@H](C)CO)C(=O)[C@@H]3[C@H](C(=O)NC)[C@]4(C)CCC23S4)cc1. The van der Waals surface area contributed by atoms with Gasteiger partial charge in [0.2, 0.25) is 17.7 Å². The number of carbonyl (C=O) groups is 3. The van der Waals surface area contributed by atoms with Crippen LogP contribution >= 0.6 is 11.8 Å². The highest BCUT2D eigenvalue weighted by atomic mass is 32.2. The number of aliphatic hydroxyl groups is 1. The van der Waals surface area contributed by atoms with Crippen molar-refractivity contribution in [3.8, 4) is 0 Å². The van der Waals surface area contributed by atoms with E-state index in [2.05, 4.69) is 29.4 Å². The van der Waals surface area contributed by atoms with Crippen LogP contribution in [0.5, 0.6) is 0 Å². The number of carbonyl (C=O) groups excluding carboxylic acids is 3. The minimum absolute atomic E-state index is 0.153. The molecule has 2 bridgehead atoms. The van der Waals surface area contributed by atoms with Gasteiger partial charge in [0.1, 0.15) is 6.04 Å². The fourth-order valence-electron chi connectivity index (χ4n) is 6.34. The predicted octanol–water partition coefficient (Wildman–Crippen LogP) is 2.08. The van der Waals surface area contributed by atoms with Crippen LogP contribution in [-0.2, 0) is 14.4 Å². The summed E-state index contributed by atoms with van der Waals surface area (Å²) in [7, 11) is 1.59. The standard InChI is InChI=1S/C25H36N4O4S/c1-6-28(7-2)17-10-8-16(9-11-17)27-22(32)20-25-13-12-24(4,34-25)18(21(31)26-5)19(25)23(33)29(20)15(3)14-30/h8-11,15,18-20,30H,6-7,12-14H2,1-5H3,(H,26,31)(H,27,32)/t15-,18-,19+,20?,24+,25?/m1/s1. The van der Waals surface area contributed by atoms with Crippen molar-refractivity contribution in [1.82, 2.24) is 10.2 Å². The van der Waals surface area contributed by atoms with Gasteiger partial charge in [0.15, 0.2) is 0 Å². The number of benzene rings is 1. The monoisotopic (exact) mass is 488 g/mol. The zero-order chi connectivity index (χ0) is 24.8. The van der Waals surface area contributed by atoms with Gasteiger partial charge in [-0.1, -0.05) is 0 Å². The molecule has 3 amide bonds. The van der Waals surface area contributed by atoms with Crippen molar-refractivity contribution in [3.63, 3.8) is 0 Å². The average molecular weight is 489 g/mol. The summed E-state index contributed by atoms with van der Waals surface area (Å²) in [6, 6.07) is 6.45. The molecule has 9 heteroatoms. The van der Waals surface area contributed by atoms with E-state index in [4.69, 9.17) is 0 Å². The van der Waals surface area contributed by atoms with Gasteiger partial charge in [-0.15, -0.1) is 11.8 Å². The molecule has 3 heterocycles. The summed E-state index contributed by atoms with van der Waals surface area (Å²) in [5.41, 5.74) is 1.75. The molecule has 3 fully saturated rings. The Morgan fingerprint density at radius 2 is 1.85 bits per heavy atom. The number of hydrogen-bond acceptors (Lipinski definition) is 6. The van der Waals surface area contributed by atoms with E-state index in [0.717, 1.165) is 25.2 Å². The smallest absolute Gasteiger partial charge is 0.248 e. The van der Waals surface area contributed by atoms with Gasteiger partial charge in [0.05, 0.1) is 29.2 Å². The van der Waals surface area contributed by atoms with E-state index in [1.165, 1.54) is 4.90 Å². The molecule has 0 aliphatic carbocycles. The first-order valence-corrected chi connectivity index (χ1v) is 13.0. The second-order valence-corrected chi connectivity index (χ2v) is 11.7. The first kappa shape index (κ1) is 24.9. The van der Waals surface area contributed by atoms with E-state index < -0.39 is 28.7 Å². The van der Waals surface area contributed by atoms with E-state index in [0.29, 0.717) is 12.1 Å². The Bertz CT molecular complexity index is 968. The Morgan fingerprint density at radius 3 is 2.41 bits per heavy atom. The summed E-state index contributed by atoms with van der Waals surface area (Å²) >= 11 is 1.63. The predicted molar refractivity (Wildman–Crippen MR) is 135 cm³/mol. The number of nitrogens with one attached hydrogen (secondary N) is 2. The minimum Gasteiger partial charge on any atom is -0.394 e. The van der Waals surface area contributed by atoms with Gasteiger partial charge >= 0.3 is 0 Å². The second-order valence-electron chi connectivity index (χ2n) is 9.83. The zero-order valence-corrected chi connectivity index (χ0v) is 21.4. The van der Waals surface area contributed by atoms with Crippen molar-refractivity contribution >= 4 is 40.9 Å². The highest BCUT2D eigenvalue weighted by molar-refractivity contribution is 8.02. The van der Waals surface area contributed by atoms with Crippen LogP contribution in [-0.4, -0.2) is 76.0 Å². The molecule has 0 aromatic heterocycles. The van der Waals surface area contributed by atoms with E-state index >= 15 is 0 Å². The van der Waals surface area contributed by atoms with Crippen molar-refractivity contribution < 1.29 is 19.5 Å². The van der Waals surface area contributed by atoms with Crippen molar-refractivity contribution in [2.75, 3.05) is 37.0 Å². The normalized spacial score (nSPS) is 32.5. The third-order valence-electron chi connectivity index (χ3n) is 7.99. The highest BCUT2D eigenvalue weighted by Crippen LogP contribution is 2.71. The molecule has 3 aliphatic heterocycles. The molecule has 1 aromatic rings. The van der Waals surface area contributed by atoms with Crippen LogP contribution in [0.1, 0.15) is 40.5 Å². The molecule has 1 spiro atoms. The number of hydrogen-bond donors (Lipinski definition) is 3. The third kappa shape index (κ3) is 3.59. The first-order chi connectivity index (χ1) is 16.2. The molecule has 8 nitrogen and oxygen atoms in total. The molecule has 186 valence electrons. The van der Waals surface area contributed by atoms with Crippen LogP contribution in [0.25, 0.3) is 0 Å². The summed E-state index contributed by atoms with van der Waals surface area (Å²) in [6.45, 7) is 9.54. The lowest BCUT2D eigenvalue weighted by molar-refractivity contribution is -0.142. The van der Waals surface area contributed by atoms with Gasteiger partial charge < -0.3 is 25.5 Å². The molecular formula is C25H36N4O4S. The highest BCUT2D eigenvalue weighted by Gasteiger charge is 2.77. The van der Waals surface area contributed by atoms with Crippen LogP contribution in [0.15, 0.2) is 24.3 Å². The molecule has 2 unspecified atom stereocenters. The van der Waals surface area contributed by atoms with Crippen molar-refractivity contribution in [2.24, 2.45) is 11.8 Å². The fraction of sp³-hybridized carbons (Fsp3) is 0.640. The maximum Gasteiger partial charge on any atom is 0.248 e. The van der Waals surface area contributed by atoms with E-state index in [1.54, 1.807) is 25.7 Å². The molecular weight excluding hydrogens is 452 g/mol. The molecule has 0 saturated carbocycles. The van der Waals surface area contributed by atoms with E-state index in [9.17, 15) is 19.5 Å². The number of aliphatic hydroxyl groups excluding tert-OH is 1.